The van der Waals surface area contributed by atoms with Gasteiger partial charge < -0.3 is 14.2 Å². The molecule has 2 aromatic carbocycles. The Kier molecular flexibility index (Phi) is 6.48. The molecule has 0 atom stereocenters. The van der Waals surface area contributed by atoms with Crippen LogP contribution >= 0.6 is 0 Å². The minimum atomic E-state index is -3.93. The lowest BCUT2D eigenvalue weighted by Gasteiger charge is -2.19. The van der Waals surface area contributed by atoms with E-state index in [-0.39, 0.29) is 28.8 Å². The molecule has 0 bridgehead atoms. The fourth-order valence-electron chi connectivity index (χ4n) is 3.81. The van der Waals surface area contributed by atoms with Crippen molar-refractivity contribution in [2.24, 2.45) is 0 Å². The second kappa shape index (κ2) is 9.32. The third-order valence-corrected chi connectivity index (χ3v) is 7.51. The highest BCUT2D eigenvalue weighted by Gasteiger charge is 2.28. The van der Waals surface area contributed by atoms with E-state index in [1.807, 2.05) is 31.2 Å². The number of amides is 1. The molecule has 1 aliphatic rings. The molecule has 1 aliphatic heterocycles. The highest BCUT2D eigenvalue weighted by atomic mass is 32.2. The Hall–Kier alpha value is -3.24. The molecule has 4 rings (SSSR count). The van der Waals surface area contributed by atoms with Crippen LogP contribution in [0.2, 0.25) is 0 Å². The van der Waals surface area contributed by atoms with E-state index >= 15 is 0 Å². The van der Waals surface area contributed by atoms with Crippen LogP contribution < -0.4 is 4.74 Å². The van der Waals surface area contributed by atoms with Gasteiger partial charge in [-0.2, -0.15) is 9.29 Å². The molecule has 0 radical (unpaired) electrons. The van der Waals surface area contributed by atoms with Crippen LogP contribution in [0, 0.1) is 6.92 Å². The summed E-state index contributed by atoms with van der Waals surface area (Å²) >= 11 is 0. The van der Waals surface area contributed by atoms with Crippen LogP contribution in [-0.2, 0) is 16.6 Å². The minimum absolute atomic E-state index is 0.00742. The number of rotatable bonds is 7. The van der Waals surface area contributed by atoms with Gasteiger partial charge in [0, 0.05) is 25.7 Å². The number of carbonyl (C=O) groups excluding carboxylic acids is 1. The maximum absolute atomic E-state index is 13.2. The Bertz CT molecular complexity index is 1270. The van der Waals surface area contributed by atoms with E-state index in [1.165, 1.54) is 32.4 Å². The van der Waals surface area contributed by atoms with E-state index in [4.69, 9.17) is 9.26 Å². The topological polar surface area (TPSA) is 106 Å². The van der Waals surface area contributed by atoms with Crippen molar-refractivity contribution in [2.75, 3.05) is 27.2 Å². The molecule has 0 saturated carbocycles. The molecular formula is C23H26N4O5S. The van der Waals surface area contributed by atoms with Gasteiger partial charge in [0.05, 0.1) is 24.1 Å². The Morgan fingerprint density at radius 2 is 1.91 bits per heavy atom. The number of carbonyl (C=O) groups is 1. The summed E-state index contributed by atoms with van der Waals surface area (Å²) in [6, 6.07) is 11.9. The molecule has 3 aromatic rings. The SMILES string of the molecule is COc1ccc(S(=O)(=O)N(C)Cc2nc(-c3ccccc3C)no2)cc1C(=O)N1CCCC1. The summed E-state index contributed by atoms with van der Waals surface area (Å²) in [6.07, 6.45) is 1.87. The van der Waals surface area contributed by atoms with Gasteiger partial charge in [-0.05, 0) is 43.5 Å². The van der Waals surface area contributed by atoms with Crippen molar-refractivity contribution in [3.8, 4) is 17.1 Å². The number of methoxy groups -OCH3 is 1. The average Bonchev–Trinajstić information content (AvgIpc) is 3.51. The van der Waals surface area contributed by atoms with Gasteiger partial charge in [0.15, 0.2) is 0 Å². The summed E-state index contributed by atoms with van der Waals surface area (Å²) in [7, 11) is -1.04. The first-order chi connectivity index (χ1) is 15.8. The number of sulfonamides is 1. The Morgan fingerprint density at radius 1 is 1.18 bits per heavy atom. The van der Waals surface area contributed by atoms with Gasteiger partial charge >= 0.3 is 0 Å². The van der Waals surface area contributed by atoms with Crippen LogP contribution in [0.3, 0.4) is 0 Å². The van der Waals surface area contributed by atoms with Crippen molar-refractivity contribution >= 4 is 15.9 Å². The molecule has 0 spiro atoms. The van der Waals surface area contributed by atoms with Gasteiger partial charge in [0.1, 0.15) is 5.75 Å². The van der Waals surface area contributed by atoms with Gasteiger partial charge in [-0.15, -0.1) is 0 Å². The lowest BCUT2D eigenvalue weighted by Crippen LogP contribution is -2.29. The second-order valence-electron chi connectivity index (χ2n) is 7.95. The third-order valence-electron chi connectivity index (χ3n) is 5.71. The second-order valence-corrected chi connectivity index (χ2v) is 9.99. The molecule has 10 heteroatoms. The molecule has 0 unspecified atom stereocenters. The summed E-state index contributed by atoms with van der Waals surface area (Å²) < 4.78 is 38.2. The number of ether oxygens (including phenoxy) is 1. The predicted molar refractivity (Wildman–Crippen MR) is 121 cm³/mol. The van der Waals surface area contributed by atoms with Gasteiger partial charge in [-0.3, -0.25) is 4.79 Å². The zero-order valence-corrected chi connectivity index (χ0v) is 19.6. The number of likely N-dealkylation sites (tertiary alicyclic amines) is 1. The zero-order chi connectivity index (χ0) is 23.6. The fourth-order valence-corrected chi connectivity index (χ4v) is 4.96. The number of hydrogen-bond donors (Lipinski definition) is 0. The highest BCUT2D eigenvalue weighted by molar-refractivity contribution is 7.89. The summed E-state index contributed by atoms with van der Waals surface area (Å²) in [6.45, 7) is 3.13. The monoisotopic (exact) mass is 470 g/mol. The van der Waals surface area contributed by atoms with E-state index < -0.39 is 10.0 Å². The number of nitrogens with zero attached hydrogens (tertiary/aromatic N) is 4. The van der Waals surface area contributed by atoms with E-state index in [9.17, 15) is 13.2 Å². The van der Waals surface area contributed by atoms with E-state index in [2.05, 4.69) is 10.1 Å². The summed E-state index contributed by atoms with van der Waals surface area (Å²) in [5, 5.41) is 3.98. The summed E-state index contributed by atoms with van der Waals surface area (Å²) in [4.78, 5) is 19.0. The molecule has 9 nitrogen and oxygen atoms in total. The van der Waals surface area contributed by atoms with Crippen LogP contribution in [0.1, 0.15) is 34.7 Å². The molecule has 0 N–H and O–H groups in total. The van der Waals surface area contributed by atoms with Crippen LogP contribution in [0.25, 0.3) is 11.4 Å². The Morgan fingerprint density at radius 3 is 2.61 bits per heavy atom. The third kappa shape index (κ3) is 4.62. The fraction of sp³-hybridized carbons (Fsp3) is 0.348. The molecule has 1 aromatic heterocycles. The smallest absolute Gasteiger partial charge is 0.257 e. The van der Waals surface area contributed by atoms with Gasteiger partial charge in [-0.1, -0.05) is 29.4 Å². The Labute approximate surface area is 193 Å². The molecule has 2 heterocycles. The minimum Gasteiger partial charge on any atom is -0.496 e. The standard InChI is InChI=1S/C23H26N4O5S/c1-16-8-4-5-9-18(16)22-24-21(32-25-22)15-26(2)33(29,30)17-10-11-20(31-3)19(14-17)23(28)27-12-6-7-13-27/h4-5,8-11,14H,6-7,12-13,15H2,1-3H3. The molecular weight excluding hydrogens is 444 g/mol. The molecule has 33 heavy (non-hydrogen) atoms. The normalized spacial score (nSPS) is 14.1. The van der Waals surface area contributed by atoms with Crippen LogP contribution in [0.4, 0.5) is 0 Å². The molecule has 1 fully saturated rings. The number of aromatic nitrogens is 2. The molecule has 1 saturated heterocycles. The lowest BCUT2D eigenvalue weighted by molar-refractivity contribution is 0.0789. The predicted octanol–water partition coefficient (Wildman–Crippen LogP) is 3.11. The van der Waals surface area contributed by atoms with Crippen molar-refractivity contribution in [3.63, 3.8) is 0 Å². The first-order valence-electron chi connectivity index (χ1n) is 10.6. The highest BCUT2D eigenvalue weighted by Crippen LogP contribution is 2.27. The number of aryl methyl sites for hydroxylation is 1. The lowest BCUT2D eigenvalue weighted by atomic mass is 10.1. The maximum Gasteiger partial charge on any atom is 0.257 e. The maximum atomic E-state index is 13.2. The van der Waals surface area contributed by atoms with Crippen molar-refractivity contribution in [2.45, 2.75) is 31.2 Å². The summed E-state index contributed by atoms with van der Waals surface area (Å²) in [5.41, 5.74) is 2.03. The van der Waals surface area contributed by atoms with E-state index in [0.29, 0.717) is 24.7 Å². The molecule has 174 valence electrons. The molecule has 1 amide bonds. The zero-order valence-electron chi connectivity index (χ0n) is 18.8. The summed E-state index contributed by atoms with van der Waals surface area (Å²) in [5.74, 6) is 0.676. The van der Waals surface area contributed by atoms with Crippen LogP contribution in [-0.4, -0.2) is 60.9 Å². The number of benzene rings is 2. The van der Waals surface area contributed by atoms with Crippen molar-refractivity contribution in [3.05, 3.63) is 59.5 Å². The first-order valence-corrected chi connectivity index (χ1v) is 12.1. The van der Waals surface area contributed by atoms with Crippen molar-refractivity contribution < 1.29 is 22.5 Å². The Balaban J connectivity index is 1.57. The van der Waals surface area contributed by atoms with Crippen molar-refractivity contribution in [1.29, 1.82) is 0 Å². The largest absolute Gasteiger partial charge is 0.496 e. The van der Waals surface area contributed by atoms with Gasteiger partial charge in [0.25, 0.3) is 5.91 Å². The van der Waals surface area contributed by atoms with Gasteiger partial charge in [-0.25, -0.2) is 8.42 Å². The average molecular weight is 471 g/mol. The van der Waals surface area contributed by atoms with E-state index in [1.54, 1.807) is 4.90 Å². The van der Waals surface area contributed by atoms with Crippen LogP contribution in [0.15, 0.2) is 51.9 Å². The van der Waals surface area contributed by atoms with Crippen molar-refractivity contribution in [1.82, 2.24) is 19.3 Å². The quantitative estimate of drug-likeness (QED) is 0.522. The van der Waals surface area contributed by atoms with E-state index in [0.717, 1.165) is 28.3 Å². The molecule has 0 aliphatic carbocycles. The van der Waals surface area contributed by atoms with Gasteiger partial charge in [0.2, 0.25) is 21.7 Å². The van der Waals surface area contributed by atoms with Crippen LogP contribution in [0.5, 0.6) is 5.75 Å². The number of hydrogen-bond acceptors (Lipinski definition) is 7. The first kappa shape index (κ1) is 22.9.